The van der Waals surface area contributed by atoms with Gasteiger partial charge in [-0.3, -0.25) is 9.59 Å². The molecule has 0 aliphatic rings. The van der Waals surface area contributed by atoms with Crippen LogP contribution in [0.5, 0.6) is 6.01 Å². The van der Waals surface area contributed by atoms with E-state index < -0.39 is 17.9 Å². The van der Waals surface area contributed by atoms with Gasteiger partial charge in [-0.1, -0.05) is 39.8 Å². The number of hydrogen-bond donors (Lipinski definition) is 3. The van der Waals surface area contributed by atoms with Gasteiger partial charge in [-0.2, -0.15) is 4.98 Å². The first-order chi connectivity index (χ1) is 21.2. The minimum Gasteiger partial charge on any atom is -0.481 e. The zero-order valence-electron chi connectivity index (χ0n) is 25.7. The SMILES string of the molecule is CC.COc1nccc(-c2c(C(=O)Nc3cc#ccc3)c(C(C)C)n(CCCCC(O)CC(=O)O)c2-c2ccc(F)cc2)n1. The lowest BCUT2D eigenvalue weighted by Gasteiger charge is -2.18. The van der Waals surface area contributed by atoms with Gasteiger partial charge in [-0.05, 0) is 73.2 Å². The van der Waals surface area contributed by atoms with Gasteiger partial charge in [0.2, 0.25) is 0 Å². The zero-order valence-corrected chi connectivity index (χ0v) is 25.7. The summed E-state index contributed by atoms with van der Waals surface area (Å²) in [5, 5.41) is 22.0. The second-order valence-corrected chi connectivity index (χ2v) is 10.1. The molecule has 0 saturated heterocycles. The summed E-state index contributed by atoms with van der Waals surface area (Å²) in [6.45, 7) is 8.43. The monoisotopic (exact) mass is 602 g/mol. The molecule has 0 aliphatic carbocycles. The van der Waals surface area contributed by atoms with Gasteiger partial charge in [0.1, 0.15) is 5.82 Å². The molecule has 0 saturated carbocycles. The Bertz CT molecular complexity index is 1520. The molecule has 0 bridgehead atoms. The third-order valence-corrected chi connectivity index (χ3v) is 6.76. The lowest BCUT2D eigenvalue weighted by atomic mass is 9.97. The molecule has 2 aromatic carbocycles. The van der Waals surface area contributed by atoms with E-state index in [4.69, 9.17) is 9.84 Å². The number of aliphatic hydroxyl groups excluding tert-OH is 1. The van der Waals surface area contributed by atoms with Gasteiger partial charge in [0.15, 0.2) is 0 Å². The molecule has 0 radical (unpaired) electrons. The number of methoxy groups -OCH3 is 1. The lowest BCUT2D eigenvalue weighted by Crippen LogP contribution is -2.17. The third kappa shape index (κ3) is 8.42. The minimum atomic E-state index is -1.05. The maximum Gasteiger partial charge on any atom is 0.316 e. The summed E-state index contributed by atoms with van der Waals surface area (Å²) in [6, 6.07) is 18.5. The number of rotatable bonds is 13. The number of hydrogen-bond acceptors (Lipinski definition) is 6. The fraction of sp³-hybridized carbons (Fsp3) is 0.353. The first-order valence-corrected chi connectivity index (χ1v) is 14.7. The van der Waals surface area contributed by atoms with Gasteiger partial charge in [0, 0.05) is 30.1 Å². The average molecular weight is 603 g/mol. The van der Waals surface area contributed by atoms with Crippen molar-refractivity contribution >= 4 is 17.6 Å². The van der Waals surface area contributed by atoms with E-state index in [9.17, 15) is 19.1 Å². The fourth-order valence-electron chi connectivity index (χ4n) is 5.01. The van der Waals surface area contributed by atoms with E-state index in [1.165, 1.54) is 19.2 Å². The van der Waals surface area contributed by atoms with Crippen LogP contribution < -0.4 is 10.1 Å². The Balaban J connectivity index is 0.00000259. The molecule has 2 heterocycles. The number of nitrogens with zero attached hydrogens (tertiary/aromatic N) is 3. The molecular weight excluding hydrogens is 563 g/mol. The average Bonchev–Trinajstić information content (AvgIpc) is 3.36. The van der Waals surface area contributed by atoms with Crippen molar-refractivity contribution in [2.75, 3.05) is 12.4 Å². The first-order valence-electron chi connectivity index (χ1n) is 14.7. The lowest BCUT2D eigenvalue weighted by molar-refractivity contribution is -0.139. The molecule has 10 heteroatoms. The normalized spacial score (nSPS) is 11.3. The molecule has 1 amide bonds. The fourth-order valence-corrected chi connectivity index (χ4v) is 5.01. The highest BCUT2D eigenvalue weighted by atomic mass is 19.1. The van der Waals surface area contributed by atoms with Crippen molar-refractivity contribution in [3.05, 3.63) is 83.9 Å². The second-order valence-electron chi connectivity index (χ2n) is 10.1. The largest absolute Gasteiger partial charge is 0.481 e. The molecule has 4 rings (SSSR count). The predicted molar refractivity (Wildman–Crippen MR) is 167 cm³/mol. The Kier molecular flexibility index (Phi) is 12.4. The van der Waals surface area contributed by atoms with Crippen molar-refractivity contribution in [1.29, 1.82) is 0 Å². The van der Waals surface area contributed by atoms with E-state index in [0.717, 1.165) is 5.69 Å². The topological polar surface area (TPSA) is 127 Å². The van der Waals surface area contributed by atoms with Gasteiger partial charge in [-0.15, -0.1) is 0 Å². The zero-order chi connectivity index (χ0) is 32.2. The van der Waals surface area contributed by atoms with E-state index in [2.05, 4.69) is 27.4 Å². The van der Waals surface area contributed by atoms with Crippen LogP contribution in [0.4, 0.5) is 10.1 Å². The van der Waals surface area contributed by atoms with Crippen LogP contribution in [0.25, 0.3) is 22.5 Å². The molecule has 0 aliphatic heterocycles. The predicted octanol–water partition coefficient (Wildman–Crippen LogP) is 6.77. The Morgan fingerprint density at radius 3 is 2.43 bits per heavy atom. The maximum atomic E-state index is 14.1. The van der Waals surface area contributed by atoms with Crippen LogP contribution >= 0.6 is 0 Å². The highest BCUT2D eigenvalue weighted by Crippen LogP contribution is 2.42. The summed E-state index contributed by atoms with van der Waals surface area (Å²) >= 11 is 0. The van der Waals surface area contributed by atoms with E-state index in [-0.39, 0.29) is 24.3 Å². The summed E-state index contributed by atoms with van der Waals surface area (Å²) < 4.78 is 21.4. The van der Waals surface area contributed by atoms with Gasteiger partial charge < -0.3 is 24.8 Å². The first kappa shape index (κ1) is 33.7. The number of ether oxygens (including phenoxy) is 1. The van der Waals surface area contributed by atoms with Crippen molar-refractivity contribution in [3.63, 3.8) is 0 Å². The number of aromatic nitrogens is 3. The Labute approximate surface area is 257 Å². The van der Waals surface area contributed by atoms with Crippen LogP contribution in [0.2, 0.25) is 0 Å². The van der Waals surface area contributed by atoms with Crippen LogP contribution in [-0.2, 0) is 11.3 Å². The Morgan fingerprint density at radius 1 is 1.09 bits per heavy atom. The molecular formula is C34H39FN4O5. The highest BCUT2D eigenvalue weighted by molar-refractivity contribution is 6.12. The molecule has 232 valence electrons. The van der Waals surface area contributed by atoms with Crippen molar-refractivity contribution in [2.45, 2.75) is 71.9 Å². The maximum absolute atomic E-state index is 14.1. The van der Waals surface area contributed by atoms with Crippen molar-refractivity contribution in [3.8, 4) is 28.5 Å². The molecule has 0 fully saturated rings. The summed E-state index contributed by atoms with van der Waals surface area (Å²) in [7, 11) is 1.46. The molecule has 1 unspecified atom stereocenters. The van der Waals surface area contributed by atoms with Crippen molar-refractivity contribution in [1.82, 2.24) is 14.5 Å². The van der Waals surface area contributed by atoms with Crippen molar-refractivity contribution < 1.29 is 28.9 Å². The molecule has 1 atom stereocenters. The van der Waals surface area contributed by atoms with E-state index >= 15 is 0 Å². The third-order valence-electron chi connectivity index (χ3n) is 6.76. The number of nitrogens with one attached hydrogen (secondary N) is 1. The number of aliphatic hydroxyl groups is 1. The van der Waals surface area contributed by atoms with Crippen LogP contribution in [0.15, 0.2) is 54.7 Å². The van der Waals surface area contributed by atoms with Crippen LogP contribution in [0.1, 0.15) is 75.3 Å². The van der Waals surface area contributed by atoms with Gasteiger partial charge >= 0.3 is 12.0 Å². The van der Waals surface area contributed by atoms with Gasteiger partial charge in [-0.25, -0.2) is 9.37 Å². The number of benzene rings is 1. The summed E-state index contributed by atoms with van der Waals surface area (Å²) in [6.07, 6.45) is 1.76. The number of carboxylic acids is 1. The molecule has 9 nitrogen and oxygen atoms in total. The Hall–Kier alpha value is -4.75. The van der Waals surface area contributed by atoms with Gasteiger partial charge in [0.25, 0.3) is 5.91 Å². The minimum absolute atomic E-state index is 0.115. The van der Waals surface area contributed by atoms with Crippen LogP contribution in [0.3, 0.4) is 0 Å². The van der Waals surface area contributed by atoms with E-state index in [1.807, 2.05) is 32.3 Å². The summed E-state index contributed by atoms with van der Waals surface area (Å²) in [5.74, 6) is -1.92. The Morgan fingerprint density at radius 2 is 1.82 bits per heavy atom. The molecule has 4 aromatic rings. The molecule has 0 spiro atoms. The number of aliphatic carboxylic acids is 1. The van der Waals surface area contributed by atoms with E-state index in [1.54, 1.807) is 42.6 Å². The standard InChI is InChI=1S/C32H33FN4O5.C2H6/c1-20(2)29-28(31(41)35-23-9-5-4-6-10-23)27(25-16-17-34-32(36-25)42-3)30(21-12-14-22(33)15-13-21)37(29)18-8-7-11-24(38)19-26(39)40;1-2/h5,9-10,12-17,20,24,38H,7-8,11,18-19H2,1-3H3,(H,35,41)(H,39,40);1-2H3. The number of halogens is 1. The number of carboxylic acid groups (broad SMARTS) is 1. The number of unbranched alkanes of at least 4 members (excludes halogenated alkanes) is 1. The van der Waals surface area contributed by atoms with Crippen LogP contribution in [0, 0.1) is 17.9 Å². The smallest absolute Gasteiger partial charge is 0.316 e. The molecule has 3 N–H and O–H groups in total. The van der Waals surface area contributed by atoms with Crippen LogP contribution in [-0.4, -0.2) is 49.8 Å². The molecule has 44 heavy (non-hydrogen) atoms. The quantitative estimate of drug-likeness (QED) is 0.144. The molecule has 2 aromatic heterocycles. The number of anilines is 1. The van der Waals surface area contributed by atoms with E-state index in [0.29, 0.717) is 59.6 Å². The number of carbonyl (C=O) groups is 2. The summed E-state index contributed by atoms with van der Waals surface area (Å²) in [4.78, 5) is 33.8. The highest BCUT2D eigenvalue weighted by Gasteiger charge is 2.31. The second kappa shape index (κ2) is 16.2. The van der Waals surface area contributed by atoms with Crippen molar-refractivity contribution in [2.24, 2.45) is 0 Å². The number of carbonyl (C=O) groups excluding carboxylic acids is 1. The van der Waals surface area contributed by atoms with Gasteiger partial charge in [0.05, 0.1) is 42.3 Å². The summed E-state index contributed by atoms with van der Waals surface area (Å²) in [5.41, 5.74) is 4.05. The number of amides is 1.